The summed E-state index contributed by atoms with van der Waals surface area (Å²) >= 11 is 5.15. The van der Waals surface area contributed by atoms with Gasteiger partial charge < -0.3 is 14.8 Å². The van der Waals surface area contributed by atoms with Crippen molar-refractivity contribution in [1.82, 2.24) is 10.3 Å². The van der Waals surface area contributed by atoms with E-state index in [1.807, 2.05) is 25.2 Å². The minimum absolute atomic E-state index is 0.297. The van der Waals surface area contributed by atoms with Crippen LogP contribution in [0.5, 0.6) is 11.5 Å². The number of benzene rings is 1. The van der Waals surface area contributed by atoms with Crippen molar-refractivity contribution in [1.29, 1.82) is 0 Å². The van der Waals surface area contributed by atoms with Crippen LogP contribution in [0.4, 0.5) is 0 Å². The van der Waals surface area contributed by atoms with Crippen molar-refractivity contribution in [3.05, 3.63) is 27.7 Å². The summed E-state index contributed by atoms with van der Waals surface area (Å²) in [5.74, 6) is 1.58. The molecule has 1 aromatic carbocycles. The number of fused-ring (bicyclic) bond motifs is 1. The predicted octanol–water partition coefficient (Wildman–Crippen LogP) is 3.02. The molecule has 1 aliphatic heterocycles. The fourth-order valence-electron chi connectivity index (χ4n) is 1.76. The highest BCUT2D eigenvalue weighted by Gasteiger charge is 2.16. The van der Waals surface area contributed by atoms with Crippen LogP contribution in [0.3, 0.4) is 0 Å². The summed E-state index contributed by atoms with van der Waals surface area (Å²) < 4.78 is 11.6. The molecule has 0 fully saturated rings. The van der Waals surface area contributed by atoms with Gasteiger partial charge in [0.2, 0.25) is 6.79 Å². The first-order chi connectivity index (χ1) is 8.78. The Morgan fingerprint density at radius 1 is 1.39 bits per heavy atom. The van der Waals surface area contributed by atoms with Gasteiger partial charge in [-0.05, 0) is 41.2 Å². The fraction of sp³-hybridized carbons (Fsp3) is 0.250. The molecule has 0 saturated carbocycles. The second kappa shape index (κ2) is 4.87. The van der Waals surface area contributed by atoms with E-state index in [-0.39, 0.29) is 0 Å². The summed E-state index contributed by atoms with van der Waals surface area (Å²) in [6.45, 7) is 1.11. The summed E-state index contributed by atoms with van der Waals surface area (Å²) in [6.07, 6.45) is 0. The zero-order valence-electron chi connectivity index (χ0n) is 9.70. The maximum Gasteiger partial charge on any atom is 0.231 e. The zero-order valence-corrected chi connectivity index (χ0v) is 12.1. The molecule has 0 radical (unpaired) electrons. The first kappa shape index (κ1) is 12.0. The lowest BCUT2D eigenvalue weighted by molar-refractivity contribution is 0.174. The van der Waals surface area contributed by atoms with E-state index in [1.54, 1.807) is 11.3 Å². The Labute approximate surface area is 117 Å². The van der Waals surface area contributed by atoms with Gasteiger partial charge in [0, 0.05) is 12.1 Å². The van der Waals surface area contributed by atoms with Crippen LogP contribution in [-0.2, 0) is 6.54 Å². The molecule has 0 atom stereocenters. The Hall–Kier alpha value is -1.11. The molecule has 1 N–H and O–H groups in total. The number of nitrogens with zero attached hydrogens (tertiary/aromatic N) is 1. The molecule has 6 heteroatoms. The van der Waals surface area contributed by atoms with Gasteiger partial charge in [-0.25, -0.2) is 4.98 Å². The van der Waals surface area contributed by atoms with Gasteiger partial charge in [-0.3, -0.25) is 0 Å². The number of thiazole rings is 1. The number of halogens is 1. The topological polar surface area (TPSA) is 43.4 Å². The van der Waals surface area contributed by atoms with Gasteiger partial charge in [0.15, 0.2) is 11.5 Å². The SMILES string of the molecule is CNCc1sc(-c2ccc3c(c2)OCO3)nc1Br. The van der Waals surface area contributed by atoms with Crippen molar-refractivity contribution in [3.63, 3.8) is 0 Å². The Morgan fingerprint density at radius 2 is 2.22 bits per heavy atom. The van der Waals surface area contributed by atoms with Crippen molar-refractivity contribution in [3.8, 4) is 22.1 Å². The van der Waals surface area contributed by atoms with Gasteiger partial charge in [-0.2, -0.15) is 0 Å². The summed E-state index contributed by atoms with van der Waals surface area (Å²) in [5.41, 5.74) is 1.05. The number of ether oxygens (including phenoxy) is 2. The Morgan fingerprint density at radius 3 is 3.06 bits per heavy atom. The van der Waals surface area contributed by atoms with Gasteiger partial charge in [0.1, 0.15) is 9.61 Å². The number of hydrogen-bond acceptors (Lipinski definition) is 5. The van der Waals surface area contributed by atoms with Gasteiger partial charge >= 0.3 is 0 Å². The Balaban J connectivity index is 1.97. The molecule has 1 aromatic heterocycles. The summed E-state index contributed by atoms with van der Waals surface area (Å²) in [5, 5.41) is 4.10. The molecule has 0 spiro atoms. The average Bonchev–Trinajstić information content (AvgIpc) is 2.96. The molecule has 0 bridgehead atoms. The van der Waals surface area contributed by atoms with Crippen LogP contribution in [0.25, 0.3) is 10.6 Å². The lowest BCUT2D eigenvalue weighted by Gasteiger charge is -1.98. The van der Waals surface area contributed by atoms with E-state index < -0.39 is 0 Å². The molecule has 0 unspecified atom stereocenters. The summed E-state index contributed by atoms with van der Waals surface area (Å²) in [7, 11) is 1.92. The quantitative estimate of drug-likeness (QED) is 0.941. The van der Waals surface area contributed by atoms with Gasteiger partial charge in [-0.15, -0.1) is 11.3 Å². The average molecular weight is 327 g/mol. The van der Waals surface area contributed by atoms with E-state index in [9.17, 15) is 0 Å². The molecule has 3 rings (SSSR count). The zero-order chi connectivity index (χ0) is 12.5. The number of nitrogens with one attached hydrogen (secondary N) is 1. The highest BCUT2D eigenvalue weighted by Crippen LogP contribution is 2.38. The highest BCUT2D eigenvalue weighted by atomic mass is 79.9. The van der Waals surface area contributed by atoms with Crippen LogP contribution in [0.15, 0.2) is 22.8 Å². The Kier molecular flexibility index (Phi) is 3.23. The molecular weight excluding hydrogens is 316 g/mol. The van der Waals surface area contributed by atoms with Crippen LogP contribution < -0.4 is 14.8 Å². The largest absolute Gasteiger partial charge is 0.454 e. The highest BCUT2D eigenvalue weighted by molar-refractivity contribution is 9.10. The molecule has 94 valence electrons. The van der Waals surface area contributed by atoms with Crippen molar-refractivity contribution < 1.29 is 9.47 Å². The van der Waals surface area contributed by atoms with Crippen molar-refractivity contribution in [2.75, 3.05) is 13.8 Å². The predicted molar refractivity (Wildman–Crippen MR) is 74.1 cm³/mol. The van der Waals surface area contributed by atoms with Crippen molar-refractivity contribution >= 4 is 27.3 Å². The Bertz CT molecular complexity index is 585. The number of rotatable bonds is 3. The maximum atomic E-state index is 5.38. The van der Waals surface area contributed by atoms with E-state index in [4.69, 9.17) is 9.47 Å². The van der Waals surface area contributed by atoms with E-state index in [0.717, 1.165) is 33.2 Å². The fourth-order valence-corrected chi connectivity index (χ4v) is 3.39. The van der Waals surface area contributed by atoms with E-state index in [2.05, 4.69) is 26.2 Å². The van der Waals surface area contributed by atoms with Crippen molar-refractivity contribution in [2.45, 2.75) is 6.54 Å². The summed E-state index contributed by atoms with van der Waals surface area (Å²) in [6, 6.07) is 5.89. The van der Waals surface area contributed by atoms with Crippen LogP contribution in [-0.4, -0.2) is 18.8 Å². The van der Waals surface area contributed by atoms with Crippen molar-refractivity contribution in [2.24, 2.45) is 0 Å². The third-order valence-electron chi connectivity index (χ3n) is 2.61. The van der Waals surface area contributed by atoms with Crippen LogP contribution in [0.1, 0.15) is 4.88 Å². The standard InChI is InChI=1S/C12H11BrN2O2S/c1-14-5-10-11(13)15-12(18-10)7-2-3-8-9(4-7)17-6-16-8/h2-4,14H,5-6H2,1H3. The van der Waals surface area contributed by atoms with Crippen LogP contribution in [0.2, 0.25) is 0 Å². The number of hydrogen-bond donors (Lipinski definition) is 1. The van der Waals surface area contributed by atoms with Gasteiger partial charge in [0.25, 0.3) is 0 Å². The molecule has 2 aromatic rings. The minimum Gasteiger partial charge on any atom is -0.454 e. The minimum atomic E-state index is 0.297. The number of aromatic nitrogens is 1. The van der Waals surface area contributed by atoms with Gasteiger partial charge in [-0.1, -0.05) is 0 Å². The van der Waals surface area contributed by atoms with Crippen LogP contribution >= 0.6 is 27.3 Å². The lowest BCUT2D eigenvalue weighted by Crippen LogP contribution is -2.03. The first-order valence-corrected chi connectivity index (χ1v) is 7.08. The smallest absolute Gasteiger partial charge is 0.231 e. The van der Waals surface area contributed by atoms with Crippen LogP contribution in [0, 0.1) is 0 Å². The van der Waals surface area contributed by atoms with Gasteiger partial charge in [0.05, 0.1) is 4.88 Å². The molecule has 18 heavy (non-hydrogen) atoms. The lowest BCUT2D eigenvalue weighted by atomic mass is 10.2. The van der Waals surface area contributed by atoms with E-state index >= 15 is 0 Å². The molecule has 4 nitrogen and oxygen atoms in total. The molecule has 0 aliphatic carbocycles. The van der Waals surface area contributed by atoms with E-state index in [0.29, 0.717) is 6.79 Å². The molecular formula is C12H11BrN2O2S. The second-order valence-electron chi connectivity index (χ2n) is 3.83. The molecule has 0 amide bonds. The third-order valence-corrected chi connectivity index (χ3v) is 4.63. The normalized spacial score (nSPS) is 13.0. The second-order valence-corrected chi connectivity index (χ2v) is 5.67. The maximum absolute atomic E-state index is 5.38. The molecule has 0 saturated heterocycles. The first-order valence-electron chi connectivity index (χ1n) is 5.48. The molecule has 2 heterocycles. The summed E-state index contributed by atoms with van der Waals surface area (Å²) in [4.78, 5) is 5.71. The monoisotopic (exact) mass is 326 g/mol. The molecule has 1 aliphatic rings. The third kappa shape index (κ3) is 2.11. The van der Waals surface area contributed by atoms with E-state index in [1.165, 1.54) is 4.88 Å².